The number of ether oxygens (including phenoxy) is 1. The van der Waals surface area contributed by atoms with Crippen LogP contribution in [0.2, 0.25) is 0 Å². The number of carbonyl (C=O) groups is 2. The molecule has 1 saturated heterocycles. The highest BCUT2D eigenvalue weighted by molar-refractivity contribution is 6.02. The molecule has 2 rings (SSSR count). The van der Waals surface area contributed by atoms with E-state index in [0.29, 0.717) is 17.9 Å². The topological polar surface area (TPSA) is 46.6 Å². The first-order valence-corrected chi connectivity index (χ1v) is 6.09. The van der Waals surface area contributed by atoms with Gasteiger partial charge in [0.2, 0.25) is 5.91 Å². The number of rotatable bonds is 3. The second kappa shape index (κ2) is 5.21. The molecule has 0 bridgehead atoms. The highest BCUT2D eigenvalue weighted by Gasteiger charge is 2.32. The van der Waals surface area contributed by atoms with Gasteiger partial charge >= 0.3 is 0 Å². The van der Waals surface area contributed by atoms with Crippen molar-refractivity contribution in [3.63, 3.8) is 0 Å². The third-order valence-corrected chi connectivity index (χ3v) is 3.31. The number of hydrogen-bond acceptors (Lipinski definition) is 3. The predicted octanol–water partition coefficient (Wildman–Crippen LogP) is 1.89. The Morgan fingerprint density at radius 1 is 1.39 bits per heavy atom. The van der Waals surface area contributed by atoms with Crippen molar-refractivity contribution in [1.29, 1.82) is 0 Å². The van der Waals surface area contributed by atoms with Crippen LogP contribution in [0, 0.1) is 0 Å². The van der Waals surface area contributed by atoms with E-state index in [9.17, 15) is 9.59 Å². The Morgan fingerprint density at radius 2 is 2.17 bits per heavy atom. The molecule has 0 radical (unpaired) electrons. The summed E-state index contributed by atoms with van der Waals surface area (Å²) in [6.45, 7) is 2.19. The van der Waals surface area contributed by atoms with Gasteiger partial charge in [0.1, 0.15) is 5.75 Å². The fourth-order valence-corrected chi connectivity index (χ4v) is 2.38. The van der Waals surface area contributed by atoms with Gasteiger partial charge in [-0.05, 0) is 25.0 Å². The molecule has 1 atom stereocenters. The molecule has 0 N–H and O–H groups in total. The van der Waals surface area contributed by atoms with E-state index in [1.165, 1.54) is 6.92 Å². The molecule has 1 heterocycles. The van der Waals surface area contributed by atoms with Gasteiger partial charge in [-0.2, -0.15) is 0 Å². The largest absolute Gasteiger partial charge is 0.497 e. The van der Waals surface area contributed by atoms with Crippen LogP contribution in [0.1, 0.15) is 30.1 Å². The van der Waals surface area contributed by atoms with Crippen LogP contribution in [0.3, 0.4) is 0 Å². The summed E-state index contributed by atoms with van der Waals surface area (Å²) in [5, 5.41) is 0. The lowest BCUT2D eigenvalue weighted by Crippen LogP contribution is -2.39. The van der Waals surface area contributed by atoms with Crippen molar-refractivity contribution in [2.45, 2.75) is 25.8 Å². The average molecular weight is 247 g/mol. The van der Waals surface area contributed by atoms with Crippen LogP contribution in [0.4, 0.5) is 0 Å². The molecule has 4 nitrogen and oxygen atoms in total. The molecule has 1 aromatic carbocycles. The summed E-state index contributed by atoms with van der Waals surface area (Å²) in [6, 6.07) is 6.77. The van der Waals surface area contributed by atoms with Crippen LogP contribution in [0.15, 0.2) is 24.3 Å². The maximum absolute atomic E-state index is 12.4. The maximum Gasteiger partial charge on any atom is 0.220 e. The molecule has 1 unspecified atom stereocenters. The molecular formula is C14H17NO3. The molecule has 0 aromatic heterocycles. The number of methoxy groups -OCH3 is 1. The van der Waals surface area contributed by atoms with E-state index >= 15 is 0 Å². The number of ketones is 1. The summed E-state index contributed by atoms with van der Waals surface area (Å²) in [5.74, 6) is 0.628. The fraction of sp³-hybridized carbons (Fsp3) is 0.429. The van der Waals surface area contributed by atoms with Crippen molar-refractivity contribution in [3.05, 3.63) is 29.8 Å². The van der Waals surface area contributed by atoms with E-state index in [1.54, 1.807) is 36.3 Å². The maximum atomic E-state index is 12.4. The monoisotopic (exact) mass is 247 g/mol. The lowest BCUT2D eigenvalue weighted by molar-refractivity contribution is -0.128. The van der Waals surface area contributed by atoms with Crippen molar-refractivity contribution in [3.8, 4) is 5.75 Å². The predicted molar refractivity (Wildman–Crippen MR) is 67.7 cm³/mol. The second-order valence-corrected chi connectivity index (χ2v) is 4.47. The zero-order valence-corrected chi connectivity index (χ0v) is 10.7. The molecular weight excluding hydrogens is 230 g/mol. The summed E-state index contributed by atoms with van der Waals surface area (Å²) in [6.07, 6.45) is 1.63. The van der Waals surface area contributed by atoms with Gasteiger partial charge in [0.05, 0.1) is 13.2 Å². The average Bonchev–Trinajstić information content (AvgIpc) is 2.87. The van der Waals surface area contributed by atoms with Gasteiger partial charge in [-0.25, -0.2) is 0 Å². The Hall–Kier alpha value is -1.84. The number of Topliss-reactive ketones (excluding diaryl/α,β-unsaturated/α-hetero) is 1. The third kappa shape index (κ3) is 2.37. The normalized spacial score (nSPS) is 18.8. The van der Waals surface area contributed by atoms with Gasteiger partial charge in [0.15, 0.2) is 5.78 Å². The number of amides is 1. The number of likely N-dealkylation sites (tertiary alicyclic amines) is 1. The van der Waals surface area contributed by atoms with Crippen molar-refractivity contribution in [2.75, 3.05) is 13.7 Å². The van der Waals surface area contributed by atoms with Gasteiger partial charge in [-0.3, -0.25) is 9.59 Å². The summed E-state index contributed by atoms with van der Waals surface area (Å²) in [4.78, 5) is 25.5. The molecule has 1 aliphatic rings. The minimum absolute atomic E-state index is 0.00148. The highest BCUT2D eigenvalue weighted by Crippen LogP contribution is 2.23. The van der Waals surface area contributed by atoms with E-state index in [0.717, 1.165) is 12.8 Å². The van der Waals surface area contributed by atoms with Crippen LogP contribution >= 0.6 is 0 Å². The van der Waals surface area contributed by atoms with E-state index in [4.69, 9.17) is 4.74 Å². The molecule has 0 saturated carbocycles. The zero-order valence-electron chi connectivity index (χ0n) is 10.7. The SMILES string of the molecule is COc1cccc(C(=O)C2CCCN2C(C)=O)c1. The van der Waals surface area contributed by atoms with Crippen molar-refractivity contribution >= 4 is 11.7 Å². The number of benzene rings is 1. The van der Waals surface area contributed by atoms with Crippen molar-refractivity contribution in [1.82, 2.24) is 4.90 Å². The van der Waals surface area contributed by atoms with Crippen molar-refractivity contribution < 1.29 is 14.3 Å². The molecule has 0 aliphatic carbocycles. The van der Waals surface area contributed by atoms with Crippen molar-refractivity contribution in [2.24, 2.45) is 0 Å². The summed E-state index contributed by atoms with van der Waals surface area (Å²) in [5.41, 5.74) is 0.604. The molecule has 0 spiro atoms. The van der Waals surface area contributed by atoms with E-state index in [1.807, 2.05) is 0 Å². The van der Waals surface area contributed by atoms with Gasteiger partial charge in [0.25, 0.3) is 0 Å². The van der Waals surface area contributed by atoms with Crippen LogP contribution < -0.4 is 4.74 Å². The number of carbonyl (C=O) groups excluding carboxylic acids is 2. The smallest absolute Gasteiger partial charge is 0.220 e. The molecule has 4 heteroatoms. The van der Waals surface area contributed by atoms with Crippen LogP contribution in [0.25, 0.3) is 0 Å². The quantitative estimate of drug-likeness (QED) is 0.766. The Labute approximate surface area is 107 Å². The number of hydrogen-bond donors (Lipinski definition) is 0. The highest BCUT2D eigenvalue weighted by atomic mass is 16.5. The Morgan fingerprint density at radius 3 is 2.83 bits per heavy atom. The molecule has 18 heavy (non-hydrogen) atoms. The summed E-state index contributed by atoms with van der Waals surface area (Å²) in [7, 11) is 1.57. The minimum Gasteiger partial charge on any atom is -0.497 e. The lowest BCUT2D eigenvalue weighted by Gasteiger charge is -2.22. The molecule has 1 fully saturated rings. The fourth-order valence-electron chi connectivity index (χ4n) is 2.38. The zero-order chi connectivity index (χ0) is 13.1. The lowest BCUT2D eigenvalue weighted by atomic mass is 10.0. The standard InChI is InChI=1S/C14H17NO3/c1-10(16)15-8-4-7-13(15)14(17)11-5-3-6-12(9-11)18-2/h3,5-6,9,13H,4,7-8H2,1-2H3. The third-order valence-electron chi connectivity index (χ3n) is 3.31. The summed E-state index contributed by atoms with van der Waals surface area (Å²) >= 11 is 0. The summed E-state index contributed by atoms with van der Waals surface area (Å²) < 4.78 is 5.11. The van der Waals surface area contributed by atoms with E-state index < -0.39 is 0 Å². The number of nitrogens with zero attached hydrogens (tertiary/aromatic N) is 1. The van der Waals surface area contributed by atoms with Gasteiger partial charge in [0, 0.05) is 19.0 Å². The molecule has 1 aliphatic heterocycles. The van der Waals surface area contributed by atoms with Crippen LogP contribution in [0.5, 0.6) is 5.75 Å². The second-order valence-electron chi connectivity index (χ2n) is 4.47. The van der Waals surface area contributed by atoms with Gasteiger partial charge in [-0.15, -0.1) is 0 Å². The Bertz CT molecular complexity index is 470. The van der Waals surface area contributed by atoms with E-state index in [-0.39, 0.29) is 17.7 Å². The van der Waals surface area contributed by atoms with Crippen LogP contribution in [-0.2, 0) is 4.79 Å². The Kier molecular flexibility index (Phi) is 3.65. The minimum atomic E-state index is -0.311. The first kappa shape index (κ1) is 12.6. The Balaban J connectivity index is 2.22. The van der Waals surface area contributed by atoms with Gasteiger partial charge in [-0.1, -0.05) is 12.1 Å². The van der Waals surface area contributed by atoms with Crippen LogP contribution in [-0.4, -0.2) is 36.3 Å². The van der Waals surface area contributed by atoms with Gasteiger partial charge < -0.3 is 9.64 Å². The molecule has 1 amide bonds. The first-order valence-electron chi connectivity index (χ1n) is 6.09. The van der Waals surface area contributed by atoms with E-state index in [2.05, 4.69) is 0 Å². The molecule has 96 valence electrons. The molecule has 1 aromatic rings. The first-order chi connectivity index (χ1) is 8.63.